The van der Waals surface area contributed by atoms with Crippen LogP contribution in [0.3, 0.4) is 0 Å². The van der Waals surface area contributed by atoms with Gasteiger partial charge in [0.05, 0.1) is 0 Å². The van der Waals surface area contributed by atoms with Crippen molar-refractivity contribution < 1.29 is 4.74 Å². The molecule has 26 heavy (non-hydrogen) atoms. The van der Waals surface area contributed by atoms with E-state index in [1.165, 1.54) is 0 Å². The Morgan fingerprint density at radius 2 is 1.73 bits per heavy atom. The van der Waals surface area contributed by atoms with Crippen LogP contribution in [-0.4, -0.2) is 47.5 Å². The van der Waals surface area contributed by atoms with E-state index in [4.69, 9.17) is 40.2 Å². The molecule has 1 aliphatic heterocycles. The van der Waals surface area contributed by atoms with Gasteiger partial charge in [-0.15, -0.1) is 0 Å². The van der Waals surface area contributed by atoms with Crippen LogP contribution >= 0.6 is 35.4 Å². The minimum absolute atomic E-state index is 0.402. The van der Waals surface area contributed by atoms with Crippen molar-refractivity contribution in [3.05, 3.63) is 63.6 Å². The Kier molecular flexibility index (Phi) is 6.76. The van der Waals surface area contributed by atoms with Crippen LogP contribution < -0.4 is 4.74 Å². The summed E-state index contributed by atoms with van der Waals surface area (Å²) in [6.07, 6.45) is 0. The van der Waals surface area contributed by atoms with Gasteiger partial charge in [-0.25, -0.2) is 0 Å². The van der Waals surface area contributed by atoms with Crippen molar-refractivity contribution in [3.8, 4) is 5.75 Å². The Labute approximate surface area is 170 Å². The van der Waals surface area contributed by atoms with Crippen LogP contribution in [0.4, 0.5) is 0 Å². The van der Waals surface area contributed by atoms with Crippen LogP contribution in [0.15, 0.2) is 42.5 Å². The predicted molar refractivity (Wildman–Crippen MR) is 113 cm³/mol. The minimum atomic E-state index is 0.402. The highest BCUT2D eigenvalue weighted by Gasteiger charge is 2.18. The molecular formula is C20H22Cl2N2OS. The zero-order valence-electron chi connectivity index (χ0n) is 14.8. The monoisotopic (exact) mass is 408 g/mol. The third-order valence-electron chi connectivity index (χ3n) is 4.62. The molecule has 2 aromatic rings. The third kappa shape index (κ3) is 4.89. The maximum atomic E-state index is 6.18. The Hall–Kier alpha value is -1.33. The van der Waals surface area contributed by atoms with Gasteiger partial charge in [-0.2, -0.15) is 0 Å². The summed E-state index contributed by atoms with van der Waals surface area (Å²) in [4.78, 5) is 5.64. The van der Waals surface area contributed by atoms with E-state index in [1.54, 1.807) is 6.07 Å². The zero-order chi connectivity index (χ0) is 18.5. The molecule has 0 aliphatic carbocycles. The number of piperazine rings is 1. The molecule has 0 amide bonds. The Balaban J connectivity index is 1.57. The van der Waals surface area contributed by atoms with Gasteiger partial charge in [-0.3, -0.25) is 0 Å². The Morgan fingerprint density at radius 3 is 2.35 bits per heavy atom. The highest BCUT2D eigenvalue weighted by Crippen LogP contribution is 2.23. The van der Waals surface area contributed by atoms with Gasteiger partial charge < -0.3 is 14.5 Å². The van der Waals surface area contributed by atoms with E-state index in [1.807, 2.05) is 36.4 Å². The quantitative estimate of drug-likeness (QED) is 0.654. The molecule has 0 spiro atoms. The van der Waals surface area contributed by atoms with E-state index in [0.717, 1.165) is 54.6 Å². The SMILES string of the molecule is CCN1CCN(C(=S)c2ccc(OCc3ccc(Cl)cc3Cl)cc2)CC1. The summed E-state index contributed by atoms with van der Waals surface area (Å²) < 4.78 is 5.83. The fourth-order valence-corrected chi connectivity index (χ4v) is 3.73. The minimum Gasteiger partial charge on any atom is -0.489 e. The van der Waals surface area contributed by atoms with E-state index < -0.39 is 0 Å². The molecule has 138 valence electrons. The van der Waals surface area contributed by atoms with Gasteiger partial charge in [-0.05, 0) is 42.9 Å². The van der Waals surface area contributed by atoms with E-state index in [9.17, 15) is 0 Å². The van der Waals surface area contributed by atoms with E-state index in [0.29, 0.717) is 16.7 Å². The molecule has 3 rings (SSSR count). The summed E-state index contributed by atoms with van der Waals surface area (Å²) in [5.41, 5.74) is 1.96. The molecule has 0 N–H and O–H groups in total. The summed E-state index contributed by atoms with van der Waals surface area (Å²) in [7, 11) is 0. The molecule has 0 saturated carbocycles. The van der Waals surface area contributed by atoms with Gasteiger partial charge in [0, 0.05) is 47.4 Å². The topological polar surface area (TPSA) is 15.7 Å². The van der Waals surface area contributed by atoms with E-state index in [2.05, 4.69) is 16.7 Å². The molecule has 1 heterocycles. The first kappa shape index (κ1) is 19.4. The Morgan fingerprint density at radius 1 is 1.04 bits per heavy atom. The number of thiocarbonyl (C=S) groups is 1. The number of benzene rings is 2. The van der Waals surface area contributed by atoms with Gasteiger partial charge in [0.15, 0.2) is 0 Å². The first-order valence-corrected chi connectivity index (χ1v) is 9.91. The van der Waals surface area contributed by atoms with Crippen molar-refractivity contribution in [2.75, 3.05) is 32.7 Å². The van der Waals surface area contributed by atoms with Crippen LogP contribution in [0.1, 0.15) is 18.1 Å². The molecule has 1 saturated heterocycles. The maximum absolute atomic E-state index is 6.18. The highest BCUT2D eigenvalue weighted by atomic mass is 35.5. The molecule has 1 fully saturated rings. The second-order valence-electron chi connectivity index (χ2n) is 6.28. The van der Waals surface area contributed by atoms with Crippen molar-refractivity contribution in [2.45, 2.75) is 13.5 Å². The highest BCUT2D eigenvalue weighted by molar-refractivity contribution is 7.80. The number of hydrogen-bond donors (Lipinski definition) is 0. The lowest BCUT2D eigenvalue weighted by Gasteiger charge is -2.35. The van der Waals surface area contributed by atoms with Gasteiger partial charge in [0.2, 0.25) is 0 Å². The van der Waals surface area contributed by atoms with Gasteiger partial charge in [-0.1, -0.05) is 48.4 Å². The summed E-state index contributed by atoms with van der Waals surface area (Å²) >= 11 is 17.8. The molecule has 6 heteroatoms. The normalized spacial score (nSPS) is 15.1. The zero-order valence-corrected chi connectivity index (χ0v) is 17.1. The average molecular weight is 409 g/mol. The van der Waals surface area contributed by atoms with Crippen LogP contribution in [0.5, 0.6) is 5.75 Å². The van der Waals surface area contributed by atoms with E-state index in [-0.39, 0.29) is 0 Å². The molecule has 0 unspecified atom stereocenters. The number of likely N-dealkylation sites (N-methyl/N-ethyl adjacent to an activating group) is 1. The van der Waals surface area contributed by atoms with Crippen LogP contribution in [0, 0.1) is 0 Å². The summed E-state index contributed by atoms with van der Waals surface area (Å²) in [5, 5.41) is 1.23. The summed E-state index contributed by atoms with van der Waals surface area (Å²) in [5.74, 6) is 0.790. The lowest BCUT2D eigenvalue weighted by molar-refractivity contribution is 0.192. The molecular weight excluding hydrogens is 387 g/mol. The van der Waals surface area contributed by atoms with Gasteiger partial charge in [0.1, 0.15) is 17.3 Å². The first-order chi connectivity index (χ1) is 12.6. The molecule has 0 aromatic heterocycles. The lowest BCUT2D eigenvalue weighted by Crippen LogP contribution is -2.48. The number of halogens is 2. The Bertz CT molecular complexity index is 759. The molecule has 0 bridgehead atoms. The van der Waals surface area contributed by atoms with Crippen molar-refractivity contribution in [2.24, 2.45) is 0 Å². The smallest absolute Gasteiger partial charge is 0.119 e. The predicted octanol–water partition coefficient (Wildman–Crippen LogP) is 4.89. The second-order valence-corrected chi connectivity index (χ2v) is 7.51. The average Bonchev–Trinajstić information content (AvgIpc) is 2.67. The largest absolute Gasteiger partial charge is 0.489 e. The van der Waals surface area contributed by atoms with Crippen molar-refractivity contribution in [1.29, 1.82) is 0 Å². The first-order valence-electron chi connectivity index (χ1n) is 8.75. The van der Waals surface area contributed by atoms with Gasteiger partial charge in [0.25, 0.3) is 0 Å². The molecule has 1 aliphatic rings. The molecule has 0 atom stereocenters. The van der Waals surface area contributed by atoms with Crippen LogP contribution in [0.2, 0.25) is 10.0 Å². The number of hydrogen-bond acceptors (Lipinski definition) is 3. The number of ether oxygens (including phenoxy) is 1. The lowest BCUT2D eigenvalue weighted by atomic mass is 10.2. The van der Waals surface area contributed by atoms with Crippen molar-refractivity contribution in [1.82, 2.24) is 9.80 Å². The standard InChI is InChI=1S/C20H22Cl2N2OS/c1-2-23-9-11-24(12-10-23)20(26)15-4-7-18(8-5-15)25-14-16-3-6-17(21)13-19(16)22/h3-8,13H,2,9-12,14H2,1H3. The van der Waals surface area contributed by atoms with Crippen molar-refractivity contribution in [3.63, 3.8) is 0 Å². The van der Waals surface area contributed by atoms with Crippen LogP contribution in [0.25, 0.3) is 0 Å². The fourth-order valence-electron chi connectivity index (χ4n) is 2.94. The number of rotatable bonds is 5. The molecule has 0 radical (unpaired) electrons. The maximum Gasteiger partial charge on any atom is 0.119 e. The van der Waals surface area contributed by atoms with Crippen LogP contribution in [-0.2, 0) is 6.61 Å². The van der Waals surface area contributed by atoms with E-state index >= 15 is 0 Å². The molecule has 2 aromatic carbocycles. The summed E-state index contributed by atoms with van der Waals surface area (Å²) in [6.45, 7) is 7.81. The van der Waals surface area contributed by atoms with Gasteiger partial charge >= 0.3 is 0 Å². The van der Waals surface area contributed by atoms with Crippen molar-refractivity contribution >= 4 is 40.4 Å². The number of nitrogens with zero attached hydrogens (tertiary/aromatic N) is 2. The second kappa shape index (κ2) is 9.05. The molecule has 3 nitrogen and oxygen atoms in total. The fraction of sp³-hybridized carbons (Fsp3) is 0.350. The summed E-state index contributed by atoms with van der Waals surface area (Å²) in [6, 6.07) is 13.4. The third-order valence-corrected chi connectivity index (χ3v) is 5.70.